The van der Waals surface area contributed by atoms with Gasteiger partial charge in [0.25, 0.3) is 0 Å². The molecule has 7 aromatic carbocycles. The lowest BCUT2D eigenvalue weighted by Crippen LogP contribution is -2.42. The van der Waals surface area contributed by atoms with Crippen molar-refractivity contribution >= 4 is 67.3 Å². The van der Waals surface area contributed by atoms with E-state index in [1.807, 2.05) is 164 Å². The number of likely N-dealkylation sites (tertiary alicyclic amines) is 2. The van der Waals surface area contributed by atoms with Crippen LogP contribution in [0.15, 0.2) is 231 Å². The van der Waals surface area contributed by atoms with Gasteiger partial charge in [0.05, 0.1) is 92.1 Å². The molecule has 0 spiro atoms. The van der Waals surface area contributed by atoms with Gasteiger partial charge in [-0.05, 0) is 187 Å². The zero-order chi connectivity index (χ0) is 97.3. The van der Waals surface area contributed by atoms with E-state index in [1.54, 1.807) is 85.3 Å². The SMILES string of the molecule is COc1ccc(-c2cc3c(-c4ccc(OC5CCN(C(=O)CO)CC5)c(C#N)c4)nccc3[nH]2)c(C)c1.COc1ccc(-c2cc3c(-c4ccc(OC5CCN(C(=O)CO)CC5)c(C#N)c4)nccc3[nH]2)cn1.N#Cc1cc(-c2nccc3[nH]c(-c4ccc(CC(=O)O)cc4)cc23)ccc1OC1CCOCC1.N#Cc1cc(-c2nccc3[nH]c(-c4cccc(C(N)=O)c4)cc23)ccc1OC1CCOCC1. The number of nitriles is 4. The molecule has 13 heterocycles. The molecule has 31 nitrogen and oxygen atoms in total. The molecule has 0 bridgehead atoms. The largest absolute Gasteiger partial charge is 0.497 e. The van der Waals surface area contributed by atoms with Crippen LogP contribution in [-0.4, -0.2) is 198 Å². The number of fused-ring (bicyclic) bond motifs is 4. The second-order valence-electron chi connectivity index (χ2n) is 34.1. The number of rotatable bonds is 23. The van der Waals surface area contributed by atoms with E-state index in [2.05, 4.69) is 82.1 Å². The predicted octanol–water partition coefficient (Wildman–Crippen LogP) is 17.4. The van der Waals surface area contributed by atoms with E-state index in [0.717, 1.165) is 176 Å². The number of carbonyl (C=O) groups is 4. The number of hydrogen-bond acceptors (Lipinski definition) is 23. The summed E-state index contributed by atoms with van der Waals surface area (Å²) in [5, 5.41) is 70.0. The molecule has 0 unspecified atom stereocenters. The van der Waals surface area contributed by atoms with Crippen molar-refractivity contribution in [3.8, 4) is 149 Å². The minimum absolute atomic E-state index is 0.00346. The number of carboxylic acid groups (broad SMARTS) is 1. The fraction of sp³-hybridized carbons (Fsp3) is 0.239. The van der Waals surface area contributed by atoms with Crippen molar-refractivity contribution < 1.29 is 72.4 Å². The van der Waals surface area contributed by atoms with Crippen LogP contribution in [0.4, 0.5) is 0 Å². The van der Waals surface area contributed by atoms with E-state index in [1.165, 1.54) is 0 Å². The number of ether oxygens (including phenoxy) is 8. The maximum atomic E-state index is 11.7. The molecule has 4 aliphatic rings. The molecule has 31 heteroatoms. The molecule has 4 fully saturated rings. The number of nitrogens with two attached hydrogens (primary N) is 1. The number of aryl methyl sites for hydroxylation is 1. The van der Waals surface area contributed by atoms with Crippen molar-refractivity contribution in [2.75, 3.05) is 80.0 Å². The van der Waals surface area contributed by atoms with Crippen LogP contribution in [0.25, 0.3) is 134 Å². The molecule has 3 amide bonds. The van der Waals surface area contributed by atoms with E-state index >= 15 is 0 Å². The summed E-state index contributed by atoms with van der Waals surface area (Å²) < 4.78 is 45.7. The third-order valence-electron chi connectivity index (χ3n) is 25.1. The first-order valence-electron chi connectivity index (χ1n) is 45.9. The normalized spacial score (nSPS) is 14.0. The van der Waals surface area contributed by atoms with Gasteiger partial charge < -0.3 is 88.7 Å². The van der Waals surface area contributed by atoms with Gasteiger partial charge in [-0.1, -0.05) is 36.4 Å². The van der Waals surface area contributed by atoms with E-state index in [-0.39, 0.29) is 42.7 Å². The highest BCUT2D eigenvalue weighted by Crippen LogP contribution is 2.41. The number of nitrogens with zero attached hydrogens (tertiary/aromatic N) is 11. The Kier molecular flexibility index (Phi) is 29.6. The minimum Gasteiger partial charge on any atom is -0.497 e. The first-order valence-corrected chi connectivity index (χ1v) is 45.9. The standard InChI is InChI=1S/C29H28N4O4.C27H25N5O4.C27H23N3O4.C26H22N4O3/c1-18-13-22(36-2)4-5-23(18)26-15-24-25(32-26)7-10-31-29(24)19-3-6-27(20(14-19)16-30)37-21-8-11-33(12-9-21)28(35)17-34;1-35-25-5-3-18(15-30-25)23-13-21-22(31-23)6-9-29-27(21)17-2-4-24(19(12-17)14-28)36-20-7-10-32(11-8-20)26(34)16-33;28-16-20-14-19(5-6-25(20)34-21-8-11-33-12-9-21)27-22-15-24(30-23(22)7-10-29-27)18-3-1-17(2-4-18)13-26(31)32;27-15-19-13-17(4-5-24(19)33-20-7-10-32-11-8-20)25-21-14-23(30-22(21)6-9-29-25)16-2-1-3-18(12-16)26(28)31/h3-7,10,13-15,21,32,34H,8-9,11-12,17H2,1-2H3;2-6,9,12-13,15,20,31,33H,7-8,10-11,16H2,1H3;1-7,10,14-15,21,30H,8-9,11-13H2,(H,31,32);1-6,9,12-14,20,30H,7-8,10-11H2,(H2,28,31). The number of benzene rings is 7. The minimum atomic E-state index is -0.852. The quantitative estimate of drug-likeness (QED) is 0.0295. The molecule has 704 valence electrons. The number of methoxy groups -OCH3 is 2. The number of carboxylic acids is 1. The molecule has 9 N–H and O–H groups in total. The monoisotopic (exact) mass is 1870 g/mol. The number of aliphatic hydroxyl groups is 2. The summed E-state index contributed by atoms with van der Waals surface area (Å²) in [7, 11) is 3.24. The molecule has 4 saturated heterocycles. The Balaban J connectivity index is 0.000000129. The van der Waals surface area contributed by atoms with Gasteiger partial charge in [-0.3, -0.25) is 39.1 Å². The van der Waals surface area contributed by atoms with Crippen molar-refractivity contribution in [1.29, 1.82) is 21.0 Å². The van der Waals surface area contributed by atoms with Crippen LogP contribution in [0.1, 0.15) is 95.1 Å². The maximum absolute atomic E-state index is 11.7. The summed E-state index contributed by atoms with van der Waals surface area (Å²) >= 11 is 0. The Morgan fingerprint density at radius 3 is 1.14 bits per heavy atom. The smallest absolute Gasteiger partial charge is 0.307 e. The summed E-state index contributed by atoms with van der Waals surface area (Å²) in [6, 6.07) is 71.4. The first-order chi connectivity index (χ1) is 68.3. The van der Waals surface area contributed by atoms with Gasteiger partial charge in [-0.2, -0.15) is 21.0 Å². The summed E-state index contributed by atoms with van der Waals surface area (Å²) in [4.78, 5) is 85.6. The molecule has 140 heavy (non-hydrogen) atoms. The zero-order valence-corrected chi connectivity index (χ0v) is 76.9. The fourth-order valence-corrected chi connectivity index (χ4v) is 17.7. The fourth-order valence-electron chi connectivity index (χ4n) is 17.7. The number of H-pyrrole nitrogens is 4. The highest BCUT2D eigenvalue weighted by Gasteiger charge is 2.29. The van der Waals surface area contributed by atoms with E-state index in [9.17, 15) is 40.2 Å². The summed E-state index contributed by atoms with van der Waals surface area (Å²) in [5.74, 6) is 1.71. The van der Waals surface area contributed by atoms with Gasteiger partial charge in [-0.15, -0.1) is 0 Å². The molecule has 0 aliphatic carbocycles. The molecular formula is C109H98N16O15. The number of nitrogens with one attached hydrogen (secondary N) is 4. The lowest BCUT2D eigenvalue weighted by molar-refractivity contribution is -0.137. The van der Waals surface area contributed by atoms with Crippen LogP contribution in [0.3, 0.4) is 0 Å². The molecule has 0 atom stereocenters. The van der Waals surface area contributed by atoms with Crippen LogP contribution < -0.4 is 34.2 Å². The number of piperidine rings is 2. The second-order valence-corrected chi connectivity index (χ2v) is 34.1. The van der Waals surface area contributed by atoms with E-state index in [0.29, 0.717) is 135 Å². The maximum Gasteiger partial charge on any atom is 0.307 e. The third-order valence-corrected chi connectivity index (χ3v) is 25.1. The predicted molar refractivity (Wildman–Crippen MR) is 526 cm³/mol. The van der Waals surface area contributed by atoms with E-state index < -0.39 is 25.1 Å². The first kappa shape index (κ1) is 94.7. The zero-order valence-electron chi connectivity index (χ0n) is 76.9. The van der Waals surface area contributed by atoms with Crippen molar-refractivity contribution in [1.82, 2.24) is 54.7 Å². The Morgan fingerprint density at radius 1 is 0.414 bits per heavy atom. The highest BCUT2D eigenvalue weighted by molar-refractivity contribution is 6.01. The Bertz CT molecular complexity index is 7440. The van der Waals surface area contributed by atoms with Crippen molar-refractivity contribution in [3.63, 3.8) is 0 Å². The Hall–Kier alpha value is -17.1. The second kappa shape index (κ2) is 43.7. The average Bonchev–Trinajstić information content (AvgIpc) is 1.63. The third kappa shape index (κ3) is 21.9. The van der Waals surface area contributed by atoms with Crippen LogP contribution in [-0.2, 0) is 30.3 Å². The Morgan fingerprint density at radius 2 is 0.786 bits per heavy atom. The summed E-state index contributed by atoms with van der Waals surface area (Å²) in [6.45, 7) is 5.89. The van der Waals surface area contributed by atoms with Crippen molar-refractivity contribution in [3.05, 3.63) is 270 Å². The molecule has 9 aromatic heterocycles. The van der Waals surface area contributed by atoms with Gasteiger partial charge in [0.2, 0.25) is 23.6 Å². The number of aromatic nitrogens is 9. The molecular weight excluding hydrogens is 1770 g/mol. The number of aromatic amines is 4. The van der Waals surface area contributed by atoms with Crippen LogP contribution >= 0.6 is 0 Å². The lowest BCUT2D eigenvalue weighted by atomic mass is 10.0. The van der Waals surface area contributed by atoms with Gasteiger partial charge in [0, 0.05) is 220 Å². The van der Waals surface area contributed by atoms with Crippen LogP contribution in [0, 0.1) is 52.2 Å². The number of amides is 3. The highest BCUT2D eigenvalue weighted by atomic mass is 16.5. The topological polar surface area (TPSA) is 458 Å². The van der Waals surface area contributed by atoms with Crippen molar-refractivity contribution in [2.24, 2.45) is 5.73 Å². The summed E-state index contributed by atoms with van der Waals surface area (Å²) in [6.07, 6.45) is 14.5. The van der Waals surface area contributed by atoms with E-state index in [4.69, 9.17) is 58.9 Å². The molecule has 4 aliphatic heterocycles. The molecule has 20 rings (SSSR count). The van der Waals surface area contributed by atoms with Gasteiger partial charge in [0.15, 0.2) is 0 Å². The van der Waals surface area contributed by atoms with Crippen LogP contribution in [0.5, 0.6) is 34.6 Å². The van der Waals surface area contributed by atoms with Gasteiger partial charge in [-0.25, -0.2) is 4.98 Å². The van der Waals surface area contributed by atoms with Crippen LogP contribution in [0.2, 0.25) is 0 Å². The summed E-state index contributed by atoms with van der Waals surface area (Å²) in [5.41, 5.74) is 27.1. The molecule has 0 radical (unpaired) electrons. The number of aliphatic carboxylic acids is 1. The Labute approximate surface area is 804 Å². The molecule has 0 saturated carbocycles. The molecule has 16 aromatic rings. The number of pyridine rings is 5. The van der Waals surface area contributed by atoms with Gasteiger partial charge in [0.1, 0.15) is 90.7 Å². The average molecular weight is 1870 g/mol. The number of aliphatic hydroxyl groups excluding tert-OH is 2. The number of hydrogen-bond donors (Lipinski definition) is 8. The number of carbonyl (C=O) groups excluding carboxylic acids is 3. The van der Waals surface area contributed by atoms with Crippen molar-refractivity contribution in [2.45, 2.75) is 89.1 Å². The number of primary amides is 1. The van der Waals surface area contributed by atoms with Gasteiger partial charge >= 0.3 is 5.97 Å². The lowest BCUT2D eigenvalue weighted by Gasteiger charge is -2.32.